The van der Waals surface area contributed by atoms with Crippen LogP contribution in [0.15, 0.2) is 47.4 Å². The third-order valence-corrected chi connectivity index (χ3v) is 6.26. The number of sulfone groups is 1. The Balaban J connectivity index is 1.82. The minimum atomic E-state index is -3.57. The van der Waals surface area contributed by atoms with Crippen LogP contribution in [0.25, 0.3) is 0 Å². The van der Waals surface area contributed by atoms with E-state index >= 15 is 0 Å². The molecule has 2 aromatic rings. The van der Waals surface area contributed by atoms with Gasteiger partial charge in [-0.25, -0.2) is 8.42 Å². The van der Waals surface area contributed by atoms with E-state index in [9.17, 15) is 18.0 Å². The van der Waals surface area contributed by atoms with Crippen molar-refractivity contribution < 1.29 is 22.7 Å². The molecule has 0 aliphatic rings. The lowest BCUT2D eigenvalue weighted by atomic mass is 10.1. The van der Waals surface area contributed by atoms with Gasteiger partial charge in [0.05, 0.1) is 10.6 Å². The first-order valence-electron chi connectivity index (χ1n) is 9.21. The Hall–Kier alpha value is -2.87. The number of benzene rings is 2. The highest BCUT2D eigenvalue weighted by atomic mass is 32.2. The van der Waals surface area contributed by atoms with Crippen LogP contribution < -0.4 is 15.6 Å². The molecular weight excluding hydrogens is 392 g/mol. The van der Waals surface area contributed by atoms with Crippen LogP contribution in [0.3, 0.4) is 0 Å². The molecule has 156 valence electrons. The third kappa shape index (κ3) is 6.32. The summed E-state index contributed by atoms with van der Waals surface area (Å²) in [7, 11) is -3.57. The molecule has 0 unspecified atom stereocenters. The predicted octanol–water partition coefficient (Wildman–Crippen LogP) is 2.39. The number of carbonyl (C=O) groups excluding carboxylic acids is 2. The fraction of sp³-hybridized carbons (Fsp3) is 0.333. The molecule has 2 aromatic carbocycles. The number of hydrogen-bond acceptors (Lipinski definition) is 5. The first-order valence-corrected chi connectivity index (χ1v) is 10.9. The maximum absolute atomic E-state index is 12.3. The molecule has 0 aromatic heterocycles. The lowest BCUT2D eigenvalue weighted by molar-refractivity contribution is -0.132. The van der Waals surface area contributed by atoms with Gasteiger partial charge in [0.2, 0.25) is 5.91 Å². The number of hydrogen-bond donors (Lipinski definition) is 2. The van der Waals surface area contributed by atoms with Crippen molar-refractivity contribution in [2.75, 3.05) is 5.75 Å². The second-order valence-electron chi connectivity index (χ2n) is 6.88. The minimum Gasteiger partial charge on any atom is -0.481 e. The fourth-order valence-electron chi connectivity index (χ4n) is 2.48. The zero-order chi connectivity index (χ0) is 21.6. The summed E-state index contributed by atoms with van der Waals surface area (Å²) in [6, 6.07) is 12.0. The van der Waals surface area contributed by atoms with Crippen molar-refractivity contribution in [3.8, 4) is 5.75 Å². The summed E-state index contributed by atoms with van der Waals surface area (Å²) in [6.07, 6.45) is -1.12. The smallest absolute Gasteiger partial charge is 0.279 e. The van der Waals surface area contributed by atoms with Crippen LogP contribution in [-0.4, -0.2) is 32.1 Å². The number of ether oxygens (including phenoxy) is 1. The van der Waals surface area contributed by atoms with Gasteiger partial charge in [0.15, 0.2) is 15.9 Å². The fourth-order valence-corrected chi connectivity index (χ4v) is 3.72. The molecule has 8 heteroatoms. The highest BCUT2D eigenvalue weighted by Gasteiger charge is 2.19. The molecule has 0 radical (unpaired) electrons. The van der Waals surface area contributed by atoms with Crippen molar-refractivity contribution in [3.63, 3.8) is 0 Å². The Labute approximate surface area is 171 Å². The molecule has 2 N–H and O–H groups in total. The van der Waals surface area contributed by atoms with Crippen molar-refractivity contribution in [2.24, 2.45) is 0 Å². The number of carbonyl (C=O) groups is 2. The van der Waals surface area contributed by atoms with Gasteiger partial charge < -0.3 is 4.74 Å². The summed E-state index contributed by atoms with van der Waals surface area (Å²) in [5.41, 5.74) is 7.40. The quantitative estimate of drug-likeness (QED) is 0.673. The normalized spacial score (nSPS) is 12.1. The molecule has 0 heterocycles. The second-order valence-corrected chi connectivity index (χ2v) is 8.99. The highest BCUT2D eigenvalue weighted by molar-refractivity contribution is 7.91. The summed E-state index contributed by atoms with van der Waals surface area (Å²) in [5, 5.41) is 0. The van der Waals surface area contributed by atoms with Gasteiger partial charge in [-0.3, -0.25) is 20.4 Å². The summed E-state index contributed by atoms with van der Waals surface area (Å²) in [4.78, 5) is 24.2. The average Bonchev–Trinajstić information content (AvgIpc) is 2.68. The molecule has 29 heavy (non-hydrogen) atoms. The van der Waals surface area contributed by atoms with Gasteiger partial charge >= 0.3 is 0 Å². The van der Waals surface area contributed by atoms with Crippen LogP contribution in [0.4, 0.5) is 0 Å². The first-order chi connectivity index (χ1) is 13.6. The number of hydrazine groups is 1. The Morgan fingerprint density at radius 1 is 1.00 bits per heavy atom. The number of amides is 2. The van der Waals surface area contributed by atoms with Crippen LogP contribution in [0, 0.1) is 20.8 Å². The zero-order valence-electron chi connectivity index (χ0n) is 17.0. The Morgan fingerprint density at radius 2 is 1.66 bits per heavy atom. The maximum atomic E-state index is 12.3. The monoisotopic (exact) mass is 418 g/mol. The van der Waals surface area contributed by atoms with E-state index in [0.717, 1.165) is 16.7 Å². The highest BCUT2D eigenvalue weighted by Crippen LogP contribution is 2.21. The topological polar surface area (TPSA) is 102 Å². The van der Waals surface area contributed by atoms with Crippen LogP contribution >= 0.6 is 0 Å². The van der Waals surface area contributed by atoms with E-state index in [-0.39, 0.29) is 17.1 Å². The molecule has 0 aliphatic heterocycles. The zero-order valence-corrected chi connectivity index (χ0v) is 17.8. The van der Waals surface area contributed by atoms with E-state index in [2.05, 4.69) is 10.9 Å². The summed E-state index contributed by atoms with van der Waals surface area (Å²) in [6.45, 7) is 7.26. The van der Waals surface area contributed by atoms with Gasteiger partial charge in [-0.05, 0) is 57.0 Å². The van der Waals surface area contributed by atoms with Crippen LogP contribution in [0.1, 0.15) is 30.0 Å². The number of rotatable bonds is 7. The molecule has 7 nitrogen and oxygen atoms in total. The van der Waals surface area contributed by atoms with E-state index in [0.29, 0.717) is 5.75 Å². The first kappa shape index (κ1) is 22.4. The molecule has 0 saturated carbocycles. The molecule has 0 bridgehead atoms. The lowest BCUT2D eigenvalue weighted by Gasteiger charge is -2.17. The molecule has 0 fully saturated rings. The summed E-state index contributed by atoms with van der Waals surface area (Å²) < 4.78 is 30.2. The van der Waals surface area contributed by atoms with E-state index in [1.54, 1.807) is 25.1 Å². The number of nitrogens with one attached hydrogen (secondary N) is 2. The number of aryl methyl sites for hydroxylation is 2. The largest absolute Gasteiger partial charge is 0.481 e. The van der Waals surface area contributed by atoms with E-state index in [1.807, 2.05) is 32.9 Å². The van der Waals surface area contributed by atoms with Gasteiger partial charge in [-0.15, -0.1) is 0 Å². The Bertz CT molecular complexity index is 985. The van der Waals surface area contributed by atoms with Crippen LogP contribution in [-0.2, 0) is 19.4 Å². The molecule has 0 saturated heterocycles. The van der Waals surface area contributed by atoms with Crippen LogP contribution in [0.5, 0.6) is 5.75 Å². The lowest BCUT2D eigenvalue weighted by Crippen LogP contribution is -2.47. The minimum absolute atomic E-state index is 0.162. The molecule has 0 spiro atoms. The van der Waals surface area contributed by atoms with Crippen molar-refractivity contribution in [1.29, 1.82) is 0 Å². The SMILES string of the molecule is Cc1ccc(S(=O)(=O)CCC(=O)NNC(=O)[C@@H](C)Oc2cccc(C)c2C)cc1. The second kappa shape index (κ2) is 9.56. The molecule has 1 atom stereocenters. The van der Waals surface area contributed by atoms with Gasteiger partial charge in [-0.1, -0.05) is 29.8 Å². The molecule has 2 amide bonds. The average molecular weight is 419 g/mol. The van der Waals surface area contributed by atoms with Gasteiger partial charge in [-0.2, -0.15) is 0 Å². The van der Waals surface area contributed by atoms with Gasteiger partial charge in [0, 0.05) is 6.42 Å². The Kier molecular flexibility index (Phi) is 7.39. The molecule has 0 aliphatic carbocycles. The molecular formula is C21H26N2O5S. The van der Waals surface area contributed by atoms with Crippen molar-refractivity contribution in [1.82, 2.24) is 10.9 Å². The van der Waals surface area contributed by atoms with E-state index < -0.39 is 27.8 Å². The standard InChI is InChI=1S/C21H26N2O5S/c1-14-8-10-18(11-9-14)29(26,27)13-12-20(24)22-23-21(25)17(4)28-19-7-5-6-15(2)16(19)3/h5-11,17H,12-13H2,1-4H3,(H,22,24)(H,23,25)/t17-/m1/s1. The summed E-state index contributed by atoms with van der Waals surface area (Å²) >= 11 is 0. The van der Waals surface area contributed by atoms with E-state index in [1.165, 1.54) is 12.1 Å². The van der Waals surface area contributed by atoms with E-state index in [4.69, 9.17) is 4.74 Å². The van der Waals surface area contributed by atoms with Crippen molar-refractivity contribution >= 4 is 21.7 Å². The maximum Gasteiger partial charge on any atom is 0.279 e. The summed E-state index contributed by atoms with van der Waals surface area (Å²) in [5.74, 6) is -0.913. The van der Waals surface area contributed by atoms with Crippen molar-refractivity contribution in [2.45, 2.75) is 45.1 Å². The van der Waals surface area contributed by atoms with Gasteiger partial charge in [0.1, 0.15) is 5.75 Å². The van der Waals surface area contributed by atoms with Crippen LogP contribution in [0.2, 0.25) is 0 Å². The Morgan fingerprint density at radius 3 is 2.31 bits per heavy atom. The predicted molar refractivity (Wildman–Crippen MR) is 110 cm³/mol. The third-order valence-electron chi connectivity index (χ3n) is 4.53. The molecule has 2 rings (SSSR count). The van der Waals surface area contributed by atoms with Gasteiger partial charge in [0.25, 0.3) is 5.91 Å². The van der Waals surface area contributed by atoms with Crippen molar-refractivity contribution in [3.05, 3.63) is 59.2 Å².